The van der Waals surface area contributed by atoms with Gasteiger partial charge in [-0.25, -0.2) is 0 Å². The number of benzene rings is 1. The molecule has 3 heteroatoms. The van der Waals surface area contributed by atoms with Gasteiger partial charge in [-0.3, -0.25) is 15.0 Å². The van der Waals surface area contributed by atoms with Gasteiger partial charge in [-0.15, -0.1) is 0 Å². The average molecular weight is 323 g/mol. The molecule has 0 aliphatic carbocycles. The van der Waals surface area contributed by atoms with Crippen LogP contribution in [0.15, 0.2) is 85.2 Å². The van der Waals surface area contributed by atoms with Gasteiger partial charge in [-0.05, 0) is 61.5 Å². The van der Waals surface area contributed by atoms with Crippen molar-refractivity contribution in [2.75, 3.05) is 0 Å². The Morgan fingerprint density at radius 2 is 1.08 bits per heavy atom. The molecule has 0 spiro atoms. The van der Waals surface area contributed by atoms with Gasteiger partial charge in [-0.1, -0.05) is 18.2 Å². The molecule has 4 aromatic rings. The van der Waals surface area contributed by atoms with Crippen molar-refractivity contribution in [3.05, 3.63) is 90.9 Å². The highest BCUT2D eigenvalue weighted by Gasteiger charge is 2.09. The molecule has 25 heavy (non-hydrogen) atoms. The maximum Gasteiger partial charge on any atom is 0.0705 e. The van der Waals surface area contributed by atoms with Gasteiger partial charge in [0.1, 0.15) is 0 Å². The maximum absolute atomic E-state index is 4.67. The predicted molar refractivity (Wildman–Crippen MR) is 101 cm³/mol. The van der Waals surface area contributed by atoms with E-state index in [2.05, 4.69) is 33.2 Å². The Morgan fingerprint density at radius 3 is 1.56 bits per heavy atom. The first-order valence-electron chi connectivity index (χ1n) is 8.21. The summed E-state index contributed by atoms with van der Waals surface area (Å²) in [7, 11) is 0. The minimum Gasteiger partial charge on any atom is -0.256 e. The Labute approximate surface area is 147 Å². The Bertz CT molecular complexity index is 938. The van der Waals surface area contributed by atoms with Crippen molar-refractivity contribution in [2.24, 2.45) is 0 Å². The first-order chi connectivity index (χ1) is 12.3. The van der Waals surface area contributed by atoms with Crippen molar-refractivity contribution in [2.45, 2.75) is 6.92 Å². The van der Waals surface area contributed by atoms with Crippen molar-refractivity contribution in [3.63, 3.8) is 0 Å². The molecule has 3 heterocycles. The first-order valence-corrected chi connectivity index (χ1v) is 8.21. The van der Waals surface area contributed by atoms with E-state index < -0.39 is 0 Å². The van der Waals surface area contributed by atoms with Gasteiger partial charge in [0.25, 0.3) is 0 Å². The number of aryl methyl sites for hydroxylation is 1. The molecule has 0 amide bonds. The fourth-order valence-electron chi connectivity index (χ4n) is 2.84. The van der Waals surface area contributed by atoms with Crippen LogP contribution < -0.4 is 0 Å². The molecule has 0 bridgehead atoms. The van der Waals surface area contributed by atoms with E-state index in [1.807, 2.05) is 73.9 Å². The van der Waals surface area contributed by atoms with Crippen LogP contribution in [0, 0.1) is 6.92 Å². The molecule has 0 unspecified atom stereocenters. The minimum atomic E-state index is 0.939. The molecule has 0 aliphatic heterocycles. The minimum absolute atomic E-state index is 0.939. The van der Waals surface area contributed by atoms with E-state index in [9.17, 15) is 0 Å². The molecular weight excluding hydrogens is 306 g/mol. The van der Waals surface area contributed by atoms with E-state index in [0.717, 1.165) is 39.5 Å². The van der Waals surface area contributed by atoms with Gasteiger partial charge in [0.05, 0.1) is 17.1 Å². The molecule has 0 atom stereocenters. The van der Waals surface area contributed by atoms with E-state index >= 15 is 0 Å². The summed E-state index contributed by atoms with van der Waals surface area (Å²) in [6.45, 7) is 2.01. The monoisotopic (exact) mass is 323 g/mol. The third-order valence-corrected chi connectivity index (χ3v) is 4.04. The summed E-state index contributed by atoms with van der Waals surface area (Å²) in [6.07, 6.45) is 3.63. The number of nitrogens with zero attached hydrogens (tertiary/aromatic N) is 3. The highest BCUT2D eigenvalue weighted by atomic mass is 14.7. The average Bonchev–Trinajstić information content (AvgIpc) is 2.69. The number of rotatable bonds is 3. The fourth-order valence-corrected chi connectivity index (χ4v) is 2.84. The molecule has 4 rings (SSSR count). The van der Waals surface area contributed by atoms with Gasteiger partial charge >= 0.3 is 0 Å². The predicted octanol–water partition coefficient (Wildman–Crippen LogP) is 5.18. The molecule has 0 N–H and O–H groups in total. The second kappa shape index (κ2) is 6.65. The molecule has 0 radical (unpaired) electrons. The second-order valence-electron chi connectivity index (χ2n) is 5.89. The first kappa shape index (κ1) is 15.2. The Hall–Kier alpha value is -3.33. The lowest BCUT2D eigenvalue weighted by Crippen LogP contribution is -1.91. The number of hydrogen-bond donors (Lipinski definition) is 0. The van der Waals surface area contributed by atoms with Crippen LogP contribution in [0.5, 0.6) is 0 Å². The van der Waals surface area contributed by atoms with Crippen LogP contribution in [0.1, 0.15) is 5.69 Å². The van der Waals surface area contributed by atoms with Crippen molar-refractivity contribution in [1.82, 2.24) is 15.0 Å². The molecule has 3 nitrogen and oxygen atoms in total. The molecule has 3 aromatic heterocycles. The van der Waals surface area contributed by atoms with Crippen molar-refractivity contribution >= 4 is 0 Å². The summed E-state index contributed by atoms with van der Waals surface area (Å²) >= 11 is 0. The highest BCUT2D eigenvalue weighted by molar-refractivity contribution is 5.77. The zero-order valence-corrected chi connectivity index (χ0v) is 13.9. The largest absolute Gasteiger partial charge is 0.256 e. The van der Waals surface area contributed by atoms with Gasteiger partial charge in [-0.2, -0.15) is 0 Å². The van der Waals surface area contributed by atoms with E-state index in [4.69, 9.17) is 0 Å². The lowest BCUT2D eigenvalue weighted by atomic mass is 9.99. The van der Waals surface area contributed by atoms with Crippen molar-refractivity contribution < 1.29 is 0 Å². The Balaban J connectivity index is 1.92. The van der Waals surface area contributed by atoms with Crippen LogP contribution >= 0.6 is 0 Å². The van der Waals surface area contributed by atoms with Crippen LogP contribution in [0.3, 0.4) is 0 Å². The quantitative estimate of drug-likeness (QED) is 0.521. The number of pyridine rings is 3. The normalized spacial score (nSPS) is 10.6. The van der Waals surface area contributed by atoms with Gasteiger partial charge < -0.3 is 0 Å². The molecule has 1 aromatic carbocycles. The van der Waals surface area contributed by atoms with Gasteiger partial charge in [0.2, 0.25) is 0 Å². The van der Waals surface area contributed by atoms with Gasteiger partial charge in [0, 0.05) is 34.8 Å². The van der Waals surface area contributed by atoms with E-state index in [0.29, 0.717) is 0 Å². The van der Waals surface area contributed by atoms with E-state index in [-0.39, 0.29) is 0 Å². The summed E-state index contributed by atoms with van der Waals surface area (Å²) in [5.41, 5.74) is 7.01. The topological polar surface area (TPSA) is 38.7 Å². The molecule has 0 fully saturated rings. The summed E-state index contributed by atoms with van der Waals surface area (Å²) in [5, 5.41) is 0. The van der Waals surface area contributed by atoms with Crippen molar-refractivity contribution in [1.29, 1.82) is 0 Å². The summed E-state index contributed by atoms with van der Waals surface area (Å²) < 4.78 is 0. The second-order valence-corrected chi connectivity index (χ2v) is 5.89. The third kappa shape index (κ3) is 3.31. The molecule has 0 aliphatic rings. The smallest absolute Gasteiger partial charge is 0.0705 e. The maximum atomic E-state index is 4.67. The van der Waals surface area contributed by atoms with Crippen LogP contribution in [0.4, 0.5) is 0 Å². The highest BCUT2D eigenvalue weighted by Crippen LogP contribution is 2.30. The Kier molecular flexibility index (Phi) is 4.05. The zero-order chi connectivity index (χ0) is 17.1. The van der Waals surface area contributed by atoms with E-state index in [1.54, 1.807) is 0 Å². The lowest BCUT2D eigenvalue weighted by molar-refractivity contribution is 1.20. The summed E-state index contributed by atoms with van der Waals surface area (Å²) in [4.78, 5) is 13.7. The lowest BCUT2D eigenvalue weighted by Gasteiger charge is -2.10. The van der Waals surface area contributed by atoms with E-state index in [1.165, 1.54) is 0 Å². The standard InChI is InChI=1S/C22H17N3/c1-16-7-6-10-22(25-16)19-14-17(20-8-2-4-11-23-20)13-18(15-19)21-9-3-5-12-24-21/h2-15H,1H3. The number of aromatic nitrogens is 3. The van der Waals surface area contributed by atoms with Crippen molar-refractivity contribution in [3.8, 4) is 33.8 Å². The zero-order valence-electron chi connectivity index (χ0n) is 13.9. The summed E-state index contributed by atoms with van der Waals surface area (Å²) in [5.74, 6) is 0. The van der Waals surface area contributed by atoms with Gasteiger partial charge in [0.15, 0.2) is 0 Å². The van der Waals surface area contributed by atoms with Crippen LogP contribution in [0.25, 0.3) is 33.8 Å². The molecule has 120 valence electrons. The number of hydrogen-bond acceptors (Lipinski definition) is 3. The fraction of sp³-hybridized carbons (Fsp3) is 0.0455. The van der Waals surface area contributed by atoms with Crippen LogP contribution in [0.2, 0.25) is 0 Å². The van der Waals surface area contributed by atoms with Crippen LogP contribution in [-0.4, -0.2) is 15.0 Å². The SMILES string of the molecule is Cc1cccc(-c2cc(-c3ccccn3)cc(-c3ccccn3)c2)n1. The molecular formula is C22H17N3. The summed E-state index contributed by atoms with van der Waals surface area (Å²) in [6, 6.07) is 24.4. The molecule has 0 saturated carbocycles. The Morgan fingerprint density at radius 1 is 0.560 bits per heavy atom. The van der Waals surface area contributed by atoms with Crippen LogP contribution in [-0.2, 0) is 0 Å². The molecule has 0 saturated heterocycles. The third-order valence-electron chi connectivity index (χ3n) is 4.04.